The second-order valence-corrected chi connectivity index (χ2v) is 8.52. The summed E-state index contributed by atoms with van der Waals surface area (Å²) < 4.78 is 80.2. The highest BCUT2D eigenvalue weighted by molar-refractivity contribution is 7.73. The first kappa shape index (κ1) is 22.2. The molecule has 3 aromatic rings. The first-order valence-corrected chi connectivity index (χ1v) is 10.1. The van der Waals surface area contributed by atoms with Crippen LogP contribution in [0.1, 0.15) is 27.1 Å². The van der Waals surface area contributed by atoms with Gasteiger partial charge in [-0.3, -0.25) is 0 Å². The Morgan fingerprint density at radius 3 is 2.41 bits per heavy atom. The van der Waals surface area contributed by atoms with E-state index < -0.39 is 29.9 Å². The van der Waals surface area contributed by atoms with Crippen LogP contribution in [0.2, 0.25) is 0 Å². The second-order valence-electron chi connectivity index (χ2n) is 6.83. The summed E-state index contributed by atoms with van der Waals surface area (Å²) in [6, 6.07) is 6.34. The molecule has 0 unspecified atom stereocenters. The normalized spacial score (nSPS) is 14.3. The zero-order chi connectivity index (χ0) is 23.3. The fourth-order valence-corrected chi connectivity index (χ4v) is 4.43. The van der Waals surface area contributed by atoms with Gasteiger partial charge in [0.25, 0.3) is 0 Å². The Labute approximate surface area is 184 Å². The maximum Gasteiger partial charge on any atom is 0.416 e. The van der Waals surface area contributed by atoms with Crippen LogP contribution in [0.4, 0.5) is 26.3 Å². The van der Waals surface area contributed by atoms with Crippen LogP contribution < -0.4 is 10.6 Å². The molecule has 0 bridgehead atoms. The van der Waals surface area contributed by atoms with E-state index in [1.54, 1.807) is 18.2 Å². The first-order chi connectivity index (χ1) is 14.9. The van der Waals surface area contributed by atoms with E-state index in [4.69, 9.17) is 12.2 Å². The Morgan fingerprint density at radius 2 is 1.78 bits per heavy atom. The van der Waals surface area contributed by atoms with Gasteiger partial charge in [0.2, 0.25) is 5.88 Å². The van der Waals surface area contributed by atoms with E-state index in [-0.39, 0.29) is 31.9 Å². The summed E-state index contributed by atoms with van der Waals surface area (Å²) in [5.74, 6) is -0.339. The number of benzene rings is 2. The average molecular weight is 487 g/mol. The molecule has 0 amide bonds. The van der Waals surface area contributed by atoms with E-state index in [0.29, 0.717) is 22.2 Å². The van der Waals surface area contributed by atoms with E-state index in [0.717, 1.165) is 17.4 Å². The molecule has 4 rings (SSSR count). The average Bonchev–Trinajstić information content (AvgIpc) is 3.29. The molecule has 0 atom stereocenters. The number of thiazole rings is 1. The van der Waals surface area contributed by atoms with Crippen molar-refractivity contribution in [2.45, 2.75) is 18.8 Å². The summed E-state index contributed by atoms with van der Waals surface area (Å²) in [6.07, 6.45) is -8.88. The van der Waals surface area contributed by atoms with Crippen LogP contribution in [-0.4, -0.2) is 16.3 Å². The molecule has 4 nitrogen and oxygen atoms in total. The van der Waals surface area contributed by atoms with Crippen LogP contribution >= 0.6 is 23.6 Å². The molecule has 1 aliphatic rings. The van der Waals surface area contributed by atoms with Crippen LogP contribution in [0, 0.1) is 3.95 Å². The van der Waals surface area contributed by atoms with Gasteiger partial charge in [0.15, 0.2) is 3.95 Å². The number of aromatic nitrogens is 1. The number of H-pyrrole nitrogens is 1. The molecule has 2 N–H and O–H groups in total. The molecule has 2 heterocycles. The maximum atomic E-state index is 13.7. The van der Waals surface area contributed by atoms with Crippen LogP contribution in [-0.2, 0) is 18.8 Å². The molecule has 0 aliphatic carbocycles. The van der Waals surface area contributed by atoms with Gasteiger partial charge in [-0.05, 0) is 52.8 Å². The second kappa shape index (κ2) is 7.85. The smallest absolute Gasteiger partial charge is 0.416 e. The Hall–Kier alpha value is -2.99. The number of alkyl halides is 6. The molecule has 166 valence electrons. The molecule has 0 saturated heterocycles. The monoisotopic (exact) mass is 487 g/mol. The Bertz CT molecular complexity index is 1420. The zero-order valence-electron chi connectivity index (χ0n) is 15.7. The topological polar surface area (TPSA) is 60.7 Å². The summed E-state index contributed by atoms with van der Waals surface area (Å²) in [4.78, 5) is 2.71. The first-order valence-electron chi connectivity index (χ1n) is 8.87. The van der Waals surface area contributed by atoms with Crippen LogP contribution in [0.5, 0.6) is 5.88 Å². The lowest BCUT2D eigenvalue weighted by Gasteiger charge is -2.17. The highest BCUT2D eigenvalue weighted by Crippen LogP contribution is 2.39. The number of aromatic amines is 1. The molecule has 0 spiro atoms. The number of aromatic hydroxyl groups is 1. The van der Waals surface area contributed by atoms with Gasteiger partial charge in [0.05, 0.1) is 27.6 Å². The van der Waals surface area contributed by atoms with Gasteiger partial charge in [0.1, 0.15) is 0 Å². The third-order valence-corrected chi connectivity index (χ3v) is 6.04. The van der Waals surface area contributed by atoms with Crippen molar-refractivity contribution >= 4 is 35.3 Å². The van der Waals surface area contributed by atoms with Gasteiger partial charge in [-0.1, -0.05) is 12.1 Å². The number of nitrogens with one attached hydrogen (secondary N) is 1. The van der Waals surface area contributed by atoms with Crippen LogP contribution in [0.15, 0.2) is 46.6 Å². The quantitative estimate of drug-likeness (QED) is 0.406. The van der Waals surface area contributed by atoms with Crippen molar-refractivity contribution in [3.05, 3.63) is 78.1 Å². The SMILES string of the molecule is Oc1[nH]c(=S)sc1C(Cc1ccc(C(F)(F)F)cc1C(F)(F)F)=c1ccc2c(c1)C=NN=2. The summed E-state index contributed by atoms with van der Waals surface area (Å²) in [5.41, 5.74) is -2.31. The summed E-state index contributed by atoms with van der Waals surface area (Å²) in [7, 11) is 0. The largest absolute Gasteiger partial charge is 0.494 e. The van der Waals surface area contributed by atoms with Crippen molar-refractivity contribution in [1.29, 1.82) is 0 Å². The van der Waals surface area contributed by atoms with Crippen molar-refractivity contribution in [2.24, 2.45) is 10.2 Å². The van der Waals surface area contributed by atoms with E-state index in [1.807, 2.05) is 0 Å². The molecule has 12 heteroatoms. The number of fused-ring (bicyclic) bond motifs is 1. The van der Waals surface area contributed by atoms with Gasteiger partial charge in [-0.2, -0.15) is 36.5 Å². The van der Waals surface area contributed by atoms with Gasteiger partial charge in [-0.25, -0.2) is 0 Å². The van der Waals surface area contributed by atoms with Crippen LogP contribution in [0.3, 0.4) is 0 Å². The lowest BCUT2D eigenvalue weighted by molar-refractivity contribution is -0.143. The van der Waals surface area contributed by atoms with Crippen molar-refractivity contribution in [3.63, 3.8) is 0 Å². The highest BCUT2D eigenvalue weighted by Gasteiger charge is 2.38. The third kappa shape index (κ3) is 4.32. The minimum Gasteiger partial charge on any atom is -0.494 e. The van der Waals surface area contributed by atoms with E-state index >= 15 is 0 Å². The molecule has 1 aromatic heterocycles. The number of halogens is 6. The molecule has 2 aromatic carbocycles. The van der Waals surface area contributed by atoms with Crippen molar-refractivity contribution < 1.29 is 31.4 Å². The Kier molecular flexibility index (Phi) is 5.45. The lowest BCUT2D eigenvalue weighted by Crippen LogP contribution is -2.18. The molecular weight excluding hydrogens is 476 g/mol. The molecule has 0 radical (unpaired) electrons. The standard InChI is InChI=1S/C20H11F6N3OS2/c21-19(22,23)12-3-1-10(14(7-12)20(24,25)26)6-13(16-17(30)28-18(31)32-16)9-2-4-15-11(5-9)8-27-29-15/h1-5,7-8,30H,6H2,(H,28,31). The van der Waals surface area contributed by atoms with Gasteiger partial charge < -0.3 is 10.1 Å². The molecule has 0 fully saturated rings. The van der Waals surface area contributed by atoms with E-state index in [1.165, 1.54) is 6.21 Å². The summed E-state index contributed by atoms with van der Waals surface area (Å²) in [6.45, 7) is 0. The maximum absolute atomic E-state index is 13.7. The molecule has 1 aliphatic heterocycles. The summed E-state index contributed by atoms with van der Waals surface area (Å²) in [5, 5.41) is 18.9. The van der Waals surface area contributed by atoms with Crippen molar-refractivity contribution in [1.82, 2.24) is 4.98 Å². The fourth-order valence-electron chi connectivity index (χ4n) is 3.29. The number of nitrogens with zero attached hydrogens (tertiary/aromatic N) is 2. The number of hydrogen-bond donors (Lipinski definition) is 2. The predicted molar refractivity (Wildman–Crippen MR) is 109 cm³/mol. The highest BCUT2D eigenvalue weighted by atomic mass is 32.1. The Balaban J connectivity index is 1.95. The summed E-state index contributed by atoms with van der Waals surface area (Å²) >= 11 is 5.97. The van der Waals surface area contributed by atoms with E-state index in [9.17, 15) is 31.4 Å². The molecular formula is C20H11F6N3OS2. The third-order valence-electron chi connectivity index (χ3n) is 4.75. The van der Waals surface area contributed by atoms with Crippen molar-refractivity contribution in [2.75, 3.05) is 0 Å². The fraction of sp³-hybridized carbons (Fsp3) is 0.150. The van der Waals surface area contributed by atoms with Gasteiger partial charge >= 0.3 is 12.4 Å². The minimum atomic E-state index is -5.02. The van der Waals surface area contributed by atoms with Crippen molar-refractivity contribution in [3.8, 4) is 5.88 Å². The number of hydrogen-bond acceptors (Lipinski definition) is 5. The predicted octanol–water partition coefficient (Wildman–Crippen LogP) is 4.96. The van der Waals surface area contributed by atoms with Crippen LogP contribution in [0.25, 0.3) is 5.57 Å². The van der Waals surface area contributed by atoms with Gasteiger partial charge in [-0.15, -0.1) is 11.3 Å². The minimum absolute atomic E-state index is 0.0973. The molecule has 0 saturated carbocycles. The zero-order valence-corrected chi connectivity index (χ0v) is 17.3. The van der Waals surface area contributed by atoms with Gasteiger partial charge in [0, 0.05) is 12.0 Å². The van der Waals surface area contributed by atoms with E-state index in [2.05, 4.69) is 15.2 Å². The lowest BCUT2D eigenvalue weighted by atomic mass is 9.94. The number of rotatable bonds is 3. The molecule has 32 heavy (non-hydrogen) atoms. The Morgan fingerprint density at radius 1 is 1.03 bits per heavy atom.